The van der Waals surface area contributed by atoms with Crippen LogP contribution in [0.3, 0.4) is 0 Å². The third kappa shape index (κ3) is 4.21. The van der Waals surface area contributed by atoms with Crippen LogP contribution < -0.4 is 5.32 Å². The van der Waals surface area contributed by atoms with Gasteiger partial charge in [0.15, 0.2) is 0 Å². The van der Waals surface area contributed by atoms with Gasteiger partial charge in [-0.2, -0.15) is 0 Å². The SMILES string of the molecule is COC(=O)C1C[C@@]2(C)C(CC[C@@H]3[C@H]2C(NCCC(C)C)C[C@]2(C)C(C(=O)OC)CC[C@@H]32)CC1O. The van der Waals surface area contributed by atoms with E-state index in [0.717, 1.165) is 45.1 Å². The van der Waals surface area contributed by atoms with E-state index in [1.54, 1.807) is 0 Å². The van der Waals surface area contributed by atoms with E-state index in [1.165, 1.54) is 14.2 Å². The molecule has 4 rings (SSSR count). The zero-order valence-corrected chi connectivity index (χ0v) is 22.1. The minimum Gasteiger partial charge on any atom is -0.469 e. The van der Waals surface area contributed by atoms with E-state index in [0.29, 0.717) is 48.5 Å². The molecule has 10 atom stereocenters. The van der Waals surface area contributed by atoms with E-state index in [4.69, 9.17) is 9.47 Å². The topological polar surface area (TPSA) is 84.9 Å². The number of hydrogen-bond acceptors (Lipinski definition) is 6. The molecule has 0 heterocycles. The quantitative estimate of drug-likeness (QED) is 0.558. The number of ether oxygens (including phenoxy) is 2. The van der Waals surface area contributed by atoms with Gasteiger partial charge < -0.3 is 19.9 Å². The molecule has 4 aliphatic rings. The number of aliphatic hydroxyl groups excluding tert-OH is 1. The van der Waals surface area contributed by atoms with E-state index in [1.807, 2.05) is 0 Å². The lowest BCUT2D eigenvalue weighted by Crippen LogP contribution is -2.64. The Hall–Kier alpha value is -1.14. The Bertz CT molecular complexity index is 770. The summed E-state index contributed by atoms with van der Waals surface area (Å²) in [5, 5.41) is 14.8. The van der Waals surface area contributed by atoms with Crippen molar-refractivity contribution in [3.8, 4) is 0 Å². The minimum absolute atomic E-state index is 0.0266. The fourth-order valence-electron chi connectivity index (χ4n) is 9.17. The number of rotatable bonds is 6. The van der Waals surface area contributed by atoms with E-state index >= 15 is 0 Å². The summed E-state index contributed by atoms with van der Waals surface area (Å²) in [4.78, 5) is 25.4. The lowest BCUT2D eigenvalue weighted by molar-refractivity contribution is -0.178. The second-order valence-corrected chi connectivity index (χ2v) is 12.8. The fourth-order valence-corrected chi connectivity index (χ4v) is 9.17. The van der Waals surface area contributed by atoms with Gasteiger partial charge in [0.1, 0.15) is 0 Å². The van der Waals surface area contributed by atoms with Crippen LogP contribution in [0.25, 0.3) is 0 Å². The molecule has 0 aromatic carbocycles. The summed E-state index contributed by atoms with van der Waals surface area (Å²) in [6.07, 6.45) is 7.11. The maximum Gasteiger partial charge on any atom is 0.311 e. The van der Waals surface area contributed by atoms with Gasteiger partial charge in [0, 0.05) is 6.04 Å². The second kappa shape index (κ2) is 9.72. The summed E-state index contributed by atoms with van der Waals surface area (Å²) in [7, 11) is 2.95. The van der Waals surface area contributed by atoms with Crippen molar-refractivity contribution in [2.45, 2.75) is 91.2 Å². The molecule has 194 valence electrons. The van der Waals surface area contributed by atoms with Gasteiger partial charge in [0.2, 0.25) is 0 Å². The molecular weight excluding hydrogens is 430 g/mol. The predicted octanol–water partition coefficient (Wildman–Crippen LogP) is 4.19. The van der Waals surface area contributed by atoms with Gasteiger partial charge in [-0.15, -0.1) is 0 Å². The summed E-state index contributed by atoms with van der Waals surface area (Å²) in [5.74, 6) is 1.73. The third-order valence-corrected chi connectivity index (χ3v) is 10.8. The highest BCUT2D eigenvalue weighted by Crippen LogP contribution is 2.68. The highest BCUT2D eigenvalue weighted by molar-refractivity contribution is 5.74. The molecule has 0 bridgehead atoms. The van der Waals surface area contributed by atoms with Crippen molar-refractivity contribution in [2.75, 3.05) is 20.8 Å². The van der Waals surface area contributed by atoms with Crippen molar-refractivity contribution in [3.05, 3.63) is 0 Å². The Morgan fingerprint density at radius 1 is 1.00 bits per heavy atom. The normalized spacial score (nSPS) is 45.8. The van der Waals surface area contributed by atoms with Crippen LogP contribution in [0, 0.1) is 52.3 Å². The van der Waals surface area contributed by atoms with Crippen molar-refractivity contribution >= 4 is 11.9 Å². The zero-order chi connectivity index (χ0) is 24.8. The first-order chi connectivity index (χ1) is 16.1. The van der Waals surface area contributed by atoms with E-state index in [2.05, 4.69) is 33.0 Å². The van der Waals surface area contributed by atoms with E-state index in [9.17, 15) is 14.7 Å². The minimum atomic E-state index is -0.613. The van der Waals surface area contributed by atoms with Crippen molar-refractivity contribution in [2.24, 2.45) is 52.3 Å². The molecule has 4 saturated carbocycles. The number of esters is 2. The average Bonchev–Trinajstić information content (AvgIpc) is 3.14. The van der Waals surface area contributed by atoms with Crippen LogP contribution in [0.1, 0.15) is 79.1 Å². The van der Waals surface area contributed by atoms with Crippen LogP contribution in [0.5, 0.6) is 0 Å². The van der Waals surface area contributed by atoms with Gasteiger partial charge in [-0.25, -0.2) is 0 Å². The first kappa shape index (κ1) is 25.9. The van der Waals surface area contributed by atoms with Crippen molar-refractivity contribution in [3.63, 3.8) is 0 Å². The molecule has 4 fully saturated rings. The van der Waals surface area contributed by atoms with Gasteiger partial charge in [-0.05, 0) is 98.3 Å². The Balaban J connectivity index is 1.69. The maximum absolute atomic E-state index is 12.8. The van der Waals surface area contributed by atoms with Crippen molar-refractivity contribution in [1.29, 1.82) is 0 Å². The smallest absolute Gasteiger partial charge is 0.311 e. The lowest BCUT2D eigenvalue weighted by Gasteiger charge is -2.64. The molecule has 0 amide bonds. The van der Waals surface area contributed by atoms with Crippen molar-refractivity contribution in [1.82, 2.24) is 5.32 Å². The molecule has 34 heavy (non-hydrogen) atoms. The van der Waals surface area contributed by atoms with Gasteiger partial charge in [0.25, 0.3) is 0 Å². The molecule has 0 radical (unpaired) electrons. The number of carbonyl (C=O) groups is 2. The molecule has 4 aliphatic carbocycles. The molecule has 0 aromatic heterocycles. The first-order valence-corrected chi connectivity index (χ1v) is 13.6. The standard InChI is InChI=1S/C28H47NO5/c1-16(2)11-12-29-22-15-28(4)20(9-10-21(28)26(32)34-6)18-8-7-17-13-23(30)19(25(31)33-5)14-27(17,3)24(18)22/h16-24,29-30H,7-15H2,1-6H3/t17?,18-,19?,20-,21?,22?,23?,24-,27-,28-/m0/s1. The van der Waals surface area contributed by atoms with Crippen molar-refractivity contribution < 1.29 is 24.2 Å². The molecule has 6 nitrogen and oxygen atoms in total. The fraction of sp³-hybridized carbons (Fsp3) is 0.929. The third-order valence-electron chi connectivity index (χ3n) is 10.8. The van der Waals surface area contributed by atoms with E-state index < -0.39 is 12.0 Å². The average molecular weight is 478 g/mol. The number of methoxy groups -OCH3 is 2. The van der Waals surface area contributed by atoms with Crippen LogP contribution in [-0.4, -0.2) is 50.0 Å². The lowest BCUT2D eigenvalue weighted by atomic mass is 9.42. The van der Waals surface area contributed by atoms with Gasteiger partial charge in [0.05, 0.1) is 32.2 Å². The first-order valence-electron chi connectivity index (χ1n) is 13.6. The Labute approximate surface area is 205 Å². The van der Waals surface area contributed by atoms with Crippen LogP contribution in [0.4, 0.5) is 0 Å². The molecule has 5 unspecified atom stereocenters. The largest absolute Gasteiger partial charge is 0.469 e. The monoisotopic (exact) mass is 477 g/mol. The molecule has 2 N–H and O–H groups in total. The predicted molar refractivity (Wildman–Crippen MR) is 131 cm³/mol. The summed E-state index contributed by atoms with van der Waals surface area (Å²) < 4.78 is 10.4. The van der Waals surface area contributed by atoms with Gasteiger partial charge >= 0.3 is 11.9 Å². The summed E-state index contributed by atoms with van der Waals surface area (Å²) in [6, 6.07) is 0.302. The number of carbonyl (C=O) groups excluding carboxylic acids is 2. The number of aliphatic hydroxyl groups is 1. The molecular formula is C28H47NO5. The molecule has 6 heteroatoms. The van der Waals surface area contributed by atoms with Crippen LogP contribution in [0.2, 0.25) is 0 Å². The zero-order valence-electron chi connectivity index (χ0n) is 22.1. The van der Waals surface area contributed by atoms with Gasteiger partial charge in [-0.1, -0.05) is 27.7 Å². The summed E-state index contributed by atoms with van der Waals surface area (Å²) >= 11 is 0. The molecule has 0 saturated heterocycles. The summed E-state index contributed by atoms with van der Waals surface area (Å²) in [5.41, 5.74) is -0.0793. The Morgan fingerprint density at radius 3 is 2.35 bits per heavy atom. The summed E-state index contributed by atoms with van der Waals surface area (Å²) in [6.45, 7) is 10.2. The molecule has 0 aliphatic heterocycles. The number of hydrogen-bond donors (Lipinski definition) is 2. The second-order valence-electron chi connectivity index (χ2n) is 12.8. The van der Waals surface area contributed by atoms with E-state index in [-0.39, 0.29) is 28.7 Å². The van der Waals surface area contributed by atoms with Crippen LogP contribution >= 0.6 is 0 Å². The highest BCUT2D eigenvalue weighted by Gasteiger charge is 2.65. The number of nitrogens with one attached hydrogen (secondary N) is 1. The van der Waals surface area contributed by atoms with Crippen LogP contribution in [0.15, 0.2) is 0 Å². The maximum atomic E-state index is 12.8. The molecule has 0 aromatic rings. The Kier molecular flexibility index (Phi) is 7.42. The molecule has 0 spiro atoms. The number of fused-ring (bicyclic) bond motifs is 5. The van der Waals surface area contributed by atoms with Crippen LogP contribution in [-0.2, 0) is 19.1 Å². The van der Waals surface area contributed by atoms with Gasteiger partial charge in [-0.3, -0.25) is 9.59 Å². The highest BCUT2D eigenvalue weighted by atomic mass is 16.5. The Morgan fingerprint density at radius 2 is 1.71 bits per heavy atom.